The maximum absolute atomic E-state index is 6.26. The second-order valence-corrected chi connectivity index (χ2v) is 5.59. The summed E-state index contributed by atoms with van der Waals surface area (Å²) in [6.07, 6.45) is 1.38. The van der Waals surface area contributed by atoms with Gasteiger partial charge in [0, 0.05) is 6.04 Å². The lowest BCUT2D eigenvalue weighted by Gasteiger charge is -2.18. The predicted molar refractivity (Wildman–Crippen MR) is 62.3 cm³/mol. The molecule has 4 bridgehead atoms. The Kier molecular flexibility index (Phi) is 1.59. The van der Waals surface area contributed by atoms with Gasteiger partial charge in [0.15, 0.2) is 0 Å². The number of benzene rings is 1. The molecule has 4 aliphatic carbocycles. The van der Waals surface area contributed by atoms with Crippen LogP contribution >= 0.6 is 0 Å². The van der Waals surface area contributed by atoms with Crippen LogP contribution in [0.15, 0.2) is 24.3 Å². The summed E-state index contributed by atoms with van der Waals surface area (Å²) in [5, 5.41) is 0. The van der Waals surface area contributed by atoms with Gasteiger partial charge in [-0.15, -0.1) is 0 Å². The Morgan fingerprint density at radius 1 is 1.12 bits per heavy atom. The molecule has 4 unspecified atom stereocenters. The molecule has 6 atom stereocenters. The first-order chi connectivity index (χ1) is 7.81. The van der Waals surface area contributed by atoms with Gasteiger partial charge in [0.2, 0.25) is 0 Å². The highest BCUT2D eigenvalue weighted by Crippen LogP contribution is 2.75. The van der Waals surface area contributed by atoms with Crippen LogP contribution in [-0.2, 0) is 0 Å². The van der Waals surface area contributed by atoms with E-state index in [0.29, 0.717) is 6.04 Å². The van der Waals surface area contributed by atoms with E-state index in [2.05, 4.69) is 24.3 Å². The summed E-state index contributed by atoms with van der Waals surface area (Å²) in [5.74, 6) is 5.19. The minimum absolute atomic E-state index is 0.488. The van der Waals surface area contributed by atoms with Crippen LogP contribution in [0.3, 0.4) is 0 Å². The Morgan fingerprint density at radius 2 is 1.88 bits per heavy atom. The summed E-state index contributed by atoms with van der Waals surface area (Å²) in [4.78, 5) is 0. The van der Waals surface area contributed by atoms with Crippen LogP contribution < -0.4 is 10.5 Å². The number of rotatable bonds is 2. The first-order valence-electron chi connectivity index (χ1n) is 6.21. The molecule has 0 saturated heterocycles. The molecule has 2 heteroatoms. The zero-order valence-corrected chi connectivity index (χ0v) is 9.47. The summed E-state index contributed by atoms with van der Waals surface area (Å²) < 4.78 is 5.20. The van der Waals surface area contributed by atoms with Crippen LogP contribution in [0, 0.1) is 23.7 Å². The molecule has 2 N–H and O–H groups in total. The van der Waals surface area contributed by atoms with Gasteiger partial charge in [0.25, 0.3) is 0 Å². The normalized spacial score (nSPS) is 47.1. The van der Waals surface area contributed by atoms with Crippen LogP contribution in [0.25, 0.3) is 0 Å². The first kappa shape index (κ1) is 9.06. The van der Waals surface area contributed by atoms with E-state index in [-0.39, 0.29) is 0 Å². The Labute approximate surface area is 95.8 Å². The smallest absolute Gasteiger partial charge is 0.118 e. The lowest BCUT2D eigenvalue weighted by molar-refractivity contribution is 0.414. The maximum Gasteiger partial charge on any atom is 0.118 e. The molecule has 4 saturated carbocycles. The summed E-state index contributed by atoms with van der Waals surface area (Å²) in [5.41, 5.74) is 7.74. The van der Waals surface area contributed by atoms with Crippen LogP contribution in [-0.4, -0.2) is 13.2 Å². The summed E-state index contributed by atoms with van der Waals surface area (Å²) in [7, 11) is 1.72. The summed E-state index contributed by atoms with van der Waals surface area (Å²) in [6, 6.07) is 9.10. The minimum Gasteiger partial charge on any atom is -0.497 e. The second kappa shape index (κ2) is 2.80. The topological polar surface area (TPSA) is 35.2 Å². The van der Waals surface area contributed by atoms with Gasteiger partial charge in [0.05, 0.1) is 7.11 Å². The van der Waals surface area contributed by atoms with Crippen molar-refractivity contribution >= 4 is 0 Å². The monoisotopic (exact) mass is 215 g/mol. The van der Waals surface area contributed by atoms with E-state index in [1.807, 2.05) is 0 Å². The maximum atomic E-state index is 6.26. The number of ether oxygens (including phenoxy) is 1. The number of methoxy groups -OCH3 is 1. The Hall–Kier alpha value is -1.02. The van der Waals surface area contributed by atoms with E-state index in [9.17, 15) is 0 Å². The van der Waals surface area contributed by atoms with E-state index in [1.165, 1.54) is 12.0 Å². The molecule has 1 aromatic carbocycles. The van der Waals surface area contributed by atoms with Crippen molar-refractivity contribution in [3.8, 4) is 5.75 Å². The molecular weight excluding hydrogens is 198 g/mol. The fourth-order valence-electron chi connectivity index (χ4n) is 4.51. The van der Waals surface area contributed by atoms with Gasteiger partial charge in [-0.05, 0) is 53.7 Å². The van der Waals surface area contributed by atoms with E-state index in [1.54, 1.807) is 7.11 Å². The van der Waals surface area contributed by atoms with Crippen molar-refractivity contribution in [2.45, 2.75) is 18.4 Å². The third-order valence-corrected chi connectivity index (χ3v) is 5.15. The van der Waals surface area contributed by atoms with Gasteiger partial charge in [0.1, 0.15) is 5.75 Å². The molecule has 0 heterocycles. The molecule has 0 radical (unpaired) electrons. The highest BCUT2D eigenvalue weighted by atomic mass is 16.5. The molecule has 0 aliphatic heterocycles. The zero-order valence-electron chi connectivity index (χ0n) is 9.47. The van der Waals surface area contributed by atoms with Gasteiger partial charge in [-0.1, -0.05) is 12.1 Å². The van der Waals surface area contributed by atoms with E-state index >= 15 is 0 Å². The molecular formula is C14H17NO. The molecule has 84 valence electrons. The molecule has 4 aliphatic rings. The lowest BCUT2D eigenvalue weighted by atomic mass is 9.89. The van der Waals surface area contributed by atoms with Crippen LogP contribution in [0.5, 0.6) is 5.75 Å². The van der Waals surface area contributed by atoms with Crippen LogP contribution in [0.2, 0.25) is 0 Å². The molecule has 0 amide bonds. The van der Waals surface area contributed by atoms with Gasteiger partial charge >= 0.3 is 0 Å². The molecule has 0 spiro atoms. The zero-order chi connectivity index (χ0) is 10.9. The highest BCUT2D eigenvalue weighted by molar-refractivity contribution is 5.37. The first-order valence-corrected chi connectivity index (χ1v) is 6.21. The summed E-state index contributed by atoms with van der Waals surface area (Å²) in [6.45, 7) is 0. The van der Waals surface area contributed by atoms with Crippen molar-refractivity contribution in [2.75, 3.05) is 7.11 Å². The van der Waals surface area contributed by atoms with Crippen LogP contribution in [0.1, 0.15) is 17.9 Å². The molecule has 1 aromatic rings. The Morgan fingerprint density at radius 3 is 2.31 bits per heavy atom. The van der Waals surface area contributed by atoms with Crippen molar-refractivity contribution in [3.05, 3.63) is 29.8 Å². The highest BCUT2D eigenvalue weighted by Gasteiger charge is 2.72. The molecule has 2 nitrogen and oxygen atoms in total. The molecule has 16 heavy (non-hydrogen) atoms. The average molecular weight is 215 g/mol. The van der Waals surface area contributed by atoms with E-state index in [0.717, 1.165) is 35.3 Å². The van der Waals surface area contributed by atoms with Gasteiger partial charge < -0.3 is 10.5 Å². The lowest BCUT2D eigenvalue weighted by Crippen LogP contribution is -2.25. The minimum atomic E-state index is 0.488. The number of nitrogens with two attached hydrogens (primary N) is 1. The van der Waals surface area contributed by atoms with E-state index in [4.69, 9.17) is 10.5 Å². The fourth-order valence-corrected chi connectivity index (χ4v) is 4.51. The van der Waals surface area contributed by atoms with Gasteiger partial charge in [-0.25, -0.2) is 0 Å². The third-order valence-electron chi connectivity index (χ3n) is 5.15. The van der Waals surface area contributed by atoms with E-state index < -0.39 is 0 Å². The predicted octanol–water partition coefficient (Wildman–Crippen LogP) is 2.00. The second-order valence-electron chi connectivity index (χ2n) is 5.59. The van der Waals surface area contributed by atoms with Gasteiger partial charge in [-0.2, -0.15) is 0 Å². The number of hydrogen-bond acceptors (Lipinski definition) is 2. The van der Waals surface area contributed by atoms with Crippen molar-refractivity contribution in [3.63, 3.8) is 0 Å². The SMILES string of the molecule is COc1ccc(C2C3C4C(N)[C@@H]2C[C@H]43)cc1. The standard InChI is InChI=1S/C14H17NO/c1-16-8-4-2-7(3-5-8)11-10-6-9-12(11)13(9)14(10)15/h2-5,9-14H,6,15H2,1H3/t9-,10+,11?,12?,13?,14?/m0/s1. The quantitative estimate of drug-likeness (QED) is 0.819. The Balaban J connectivity index is 1.67. The Bertz CT molecular complexity index is 427. The van der Waals surface area contributed by atoms with Crippen LogP contribution in [0.4, 0.5) is 0 Å². The van der Waals surface area contributed by atoms with Crippen molar-refractivity contribution < 1.29 is 4.74 Å². The van der Waals surface area contributed by atoms with Crippen molar-refractivity contribution in [1.29, 1.82) is 0 Å². The molecule has 4 fully saturated rings. The summed E-state index contributed by atoms with van der Waals surface area (Å²) >= 11 is 0. The fraction of sp³-hybridized carbons (Fsp3) is 0.571. The van der Waals surface area contributed by atoms with Crippen molar-refractivity contribution in [2.24, 2.45) is 29.4 Å². The largest absolute Gasteiger partial charge is 0.497 e. The number of hydrogen-bond donors (Lipinski definition) is 1. The third kappa shape index (κ3) is 0.921. The molecule has 0 aromatic heterocycles. The van der Waals surface area contributed by atoms with Crippen molar-refractivity contribution in [1.82, 2.24) is 0 Å². The average Bonchev–Trinajstić information content (AvgIpc) is 2.62. The molecule has 5 rings (SSSR count). The van der Waals surface area contributed by atoms with Gasteiger partial charge in [-0.3, -0.25) is 0 Å².